The average Bonchev–Trinajstić information content (AvgIpc) is 3.36. The van der Waals surface area contributed by atoms with Crippen molar-refractivity contribution in [2.75, 3.05) is 33.3 Å². The fraction of sp³-hybridized carbons (Fsp3) is 0.296. The van der Waals surface area contributed by atoms with Gasteiger partial charge in [0.25, 0.3) is 5.88 Å². The molecule has 2 aromatic rings. The third-order valence-corrected chi connectivity index (χ3v) is 6.12. The number of amidine groups is 2. The predicted molar refractivity (Wildman–Crippen MR) is 143 cm³/mol. The highest BCUT2D eigenvalue weighted by Gasteiger charge is 2.39. The first kappa shape index (κ1) is 28.4. The number of aromatic hydroxyl groups is 1. The molecule has 1 unspecified atom stereocenters. The van der Waals surface area contributed by atoms with E-state index in [1.54, 1.807) is 25.1 Å². The monoisotopic (exact) mass is 556 g/mol. The number of phenols is 1. The zero-order valence-corrected chi connectivity index (χ0v) is 22.2. The second-order valence-corrected chi connectivity index (χ2v) is 8.93. The minimum Gasteiger partial charge on any atom is -0.504 e. The minimum absolute atomic E-state index is 0.0954. The van der Waals surface area contributed by atoms with Crippen LogP contribution in [0.15, 0.2) is 70.6 Å². The van der Waals surface area contributed by atoms with Crippen LogP contribution in [0, 0.1) is 5.41 Å². The number of aliphatic imine (C=N–C) groups is 1. The van der Waals surface area contributed by atoms with Crippen LogP contribution in [0.3, 0.4) is 0 Å². The van der Waals surface area contributed by atoms with Crippen LogP contribution >= 0.6 is 0 Å². The standard InChI is InChI=1S/C27H30F2N6O5/c1-4-38-21(37)14-33-35-26(39-18-7-5-6-17(12-18)25-32-10-11-34(25)3)22(28)15(2)23(29)27(35)40-20-13-16(24(30)31)8-9-19(20)36/h5-9,12-13,27,33,36H,4,10-11,14H2,1-3H3,(H3,30,31). The summed E-state index contributed by atoms with van der Waals surface area (Å²) in [6, 6.07) is 10.6. The predicted octanol–water partition coefficient (Wildman–Crippen LogP) is 2.92. The second-order valence-electron chi connectivity index (χ2n) is 8.93. The molecular weight excluding hydrogens is 526 g/mol. The van der Waals surface area contributed by atoms with Crippen LogP contribution in [-0.2, 0) is 9.53 Å². The van der Waals surface area contributed by atoms with Gasteiger partial charge in [-0.15, -0.1) is 0 Å². The number of hydrogen-bond donors (Lipinski definition) is 4. The Kier molecular flexibility index (Phi) is 8.53. The summed E-state index contributed by atoms with van der Waals surface area (Å²) in [6.45, 7) is 3.83. The number of allylic oxidation sites excluding steroid dienone is 2. The molecule has 2 aliphatic heterocycles. The molecule has 212 valence electrons. The Hall–Kier alpha value is -4.65. The van der Waals surface area contributed by atoms with E-state index >= 15 is 8.78 Å². The van der Waals surface area contributed by atoms with Gasteiger partial charge in [-0.1, -0.05) is 12.1 Å². The van der Waals surface area contributed by atoms with Gasteiger partial charge < -0.3 is 30.0 Å². The molecule has 4 rings (SSSR count). The van der Waals surface area contributed by atoms with Crippen LogP contribution in [-0.4, -0.2) is 72.2 Å². The molecule has 0 saturated carbocycles. The zero-order chi connectivity index (χ0) is 29.0. The number of nitrogen functional groups attached to an aromatic ring is 1. The van der Waals surface area contributed by atoms with Gasteiger partial charge in [-0.25, -0.2) is 19.2 Å². The number of rotatable bonds is 10. The Bertz CT molecular complexity index is 1410. The van der Waals surface area contributed by atoms with Crippen molar-refractivity contribution >= 4 is 17.6 Å². The fourth-order valence-electron chi connectivity index (χ4n) is 4.04. The Balaban J connectivity index is 1.72. The maximum absolute atomic E-state index is 15.6. The number of nitrogens with two attached hydrogens (primary N) is 1. The van der Waals surface area contributed by atoms with Gasteiger partial charge in [0.1, 0.15) is 24.0 Å². The summed E-state index contributed by atoms with van der Waals surface area (Å²) in [7, 11) is 1.90. The van der Waals surface area contributed by atoms with Gasteiger partial charge >= 0.3 is 5.97 Å². The van der Waals surface area contributed by atoms with Crippen LogP contribution in [0.1, 0.15) is 25.0 Å². The van der Waals surface area contributed by atoms with Crippen molar-refractivity contribution < 1.29 is 32.9 Å². The highest BCUT2D eigenvalue weighted by atomic mass is 19.1. The Morgan fingerprint density at radius 3 is 2.73 bits per heavy atom. The lowest BCUT2D eigenvalue weighted by molar-refractivity contribution is -0.144. The summed E-state index contributed by atoms with van der Waals surface area (Å²) >= 11 is 0. The third-order valence-electron chi connectivity index (χ3n) is 6.12. The fourth-order valence-corrected chi connectivity index (χ4v) is 4.04. The highest BCUT2D eigenvalue weighted by Crippen LogP contribution is 2.37. The van der Waals surface area contributed by atoms with Gasteiger partial charge in [-0.3, -0.25) is 15.2 Å². The van der Waals surface area contributed by atoms with E-state index in [9.17, 15) is 9.90 Å². The molecular formula is C27H30F2N6O5. The van der Waals surface area contributed by atoms with E-state index < -0.39 is 41.9 Å². The van der Waals surface area contributed by atoms with Gasteiger partial charge in [0.15, 0.2) is 23.2 Å². The topological polar surface area (TPSA) is 146 Å². The molecule has 2 heterocycles. The Morgan fingerprint density at radius 2 is 2.05 bits per heavy atom. The summed E-state index contributed by atoms with van der Waals surface area (Å²) < 4.78 is 47.8. The number of phenolic OH excluding ortho intramolecular Hbond substituents is 1. The third kappa shape index (κ3) is 5.99. The van der Waals surface area contributed by atoms with Gasteiger partial charge in [-0.2, -0.15) is 0 Å². The molecule has 0 amide bonds. The average molecular weight is 557 g/mol. The molecule has 0 aliphatic carbocycles. The van der Waals surface area contributed by atoms with Crippen molar-refractivity contribution in [3.63, 3.8) is 0 Å². The summed E-state index contributed by atoms with van der Waals surface area (Å²) in [5.74, 6) is -3.27. The second kappa shape index (κ2) is 12.0. The van der Waals surface area contributed by atoms with E-state index in [0.29, 0.717) is 6.54 Å². The molecule has 0 radical (unpaired) electrons. The van der Waals surface area contributed by atoms with Crippen molar-refractivity contribution in [3.8, 4) is 17.2 Å². The SMILES string of the molecule is CCOC(=O)CNN1C(Oc2cccc(C3=NCCN3C)c2)=C(F)C(C)=C(F)C1Oc1cc(C(=N)N)ccc1O. The van der Waals surface area contributed by atoms with E-state index in [2.05, 4.69) is 10.4 Å². The molecule has 11 nitrogen and oxygen atoms in total. The lowest BCUT2D eigenvalue weighted by atomic mass is 10.1. The molecule has 1 atom stereocenters. The lowest BCUT2D eigenvalue weighted by Gasteiger charge is -2.36. The lowest BCUT2D eigenvalue weighted by Crippen LogP contribution is -2.53. The van der Waals surface area contributed by atoms with Crippen molar-refractivity contribution in [2.45, 2.75) is 20.1 Å². The number of carbonyl (C=O) groups is 1. The van der Waals surface area contributed by atoms with Gasteiger partial charge in [0, 0.05) is 30.3 Å². The van der Waals surface area contributed by atoms with Crippen LogP contribution in [0.2, 0.25) is 0 Å². The summed E-state index contributed by atoms with van der Waals surface area (Å²) in [6.07, 6.45) is -1.73. The number of nitrogens with one attached hydrogen (secondary N) is 2. The number of halogens is 2. The van der Waals surface area contributed by atoms with Crippen molar-refractivity contribution in [2.24, 2.45) is 10.7 Å². The highest BCUT2D eigenvalue weighted by molar-refractivity contribution is 6.00. The molecule has 0 aromatic heterocycles. The molecule has 2 aromatic carbocycles. The normalized spacial score (nSPS) is 17.2. The van der Waals surface area contributed by atoms with Crippen molar-refractivity contribution in [3.05, 3.63) is 76.7 Å². The minimum atomic E-state index is -1.73. The molecule has 0 spiro atoms. The van der Waals surface area contributed by atoms with Gasteiger partial charge in [0.2, 0.25) is 6.23 Å². The number of nitrogens with zero attached hydrogens (tertiary/aromatic N) is 3. The number of likely N-dealkylation sites (N-methyl/N-ethyl adjacent to an activating group) is 1. The van der Waals surface area contributed by atoms with Crippen LogP contribution in [0.25, 0.3) is 0 Å². The zero-order valence-electron chi connectivity index (χ0n) is 22.2. The maximum Gasteiger partial charge on any atom is 0.321 e. The maximum atomic E-state index is 15.6. The molecule has 5 N–H and O–H groups in total. The summed E-state index contributed by atoms with van der Waals surface area (Å²) in [5.41, 5.74) is 8.69. The Morgan fingerprint density at radius 1 is 1.27 bits per heavy atom. The van der Waals surface area contributed by atoms with Crippen LogP contribution < -0.4 is 20.6 Å². The number of carbonyl (C=O) groups excluding carboxylic acids is 1. The molecule has 40 heavy (non-hydrogen) atoms. The van der Waals surface area contributed by atoms with Gasteiger partial charge in [0.05, 0.1) is 13.2 Å². The number of hydrogen-bond acceptors (Lipinski definition) is 10. The number of esters is 1. The van der Waals surface area contributed by atoms with E-state index in [1.165, 1.54) is 25.1 Å². The number of benzene rings is 2. The summed E-state index contributed by atoms with van der Waals surface area (Å²) in [5, 5.41) is 18.9. The largest absolute Gasteiger partial charge is 0.504 e. The van der Waals surface area contributed by atoms with Gasteiger partial charge in [-0.05, 0) is 44.2 Å². The molecule has 2 aliphatic rings. The summed E-state index contributed by atoms with van der Waals surface area (Å²) in [4.78, 5) is 18.6. The van der Waals surface area contributed by atoms with E-state index in [1.807, 2.05) is 18.0 Å². The van der Waals surface area contributed by atoms with Crippen molar-refractivity contribution in [1.82, 2.24) is 15.3 Å². The molecule has 13 heteroatoms. The van der Waals surface area contributed by atoms with E-state index in [0.717, 1.165) is 23.0 Å². The first-order valence-electron chi connectivity index (χ1n) is 12.4. The Labute approximate surface area is 229 Å². The van der Waals surface area contributed by atoms with Crippen molar-refractivity contribution in [1.29, 1.82) is 5.41 Å². The molecule has 0 saturated heterocycles. The molecule has 0 fully saturated rings. The number of ether oxygens (including phenoxy) is 3. The molecule has 0 bridgehead atoms. The first-order chi connectivity index (χ1) is 19.1. The van der Waals surface area contributed by atoms with Crippen LogP contribution in [0.5, 0.6) is 17.2 Å². The van der Waals surface area contributed by atoms with Crippen LogP contribution in [0.4, 0.5) is 8.78 Å². The number of hydrazine groups is 1. The first-order valence-corrected chi connectivity index (χ1v) is 12.4. The van der Waals surface area contributed by atoms with E-state index in [4.69, 9.17) is 25.4 Å². The smallest absolute Gasteiger partial charge is 0.321 e. The van der Waals surface area contributed by atoms with E-state index in [-0.39, 0.29) is 35.3 Å². The quantitative estimate of drug-likeness (QED) is 0.197.